The minimum atomic E-state index is 0.872. The number of hydrogen-bond acceptors (Lipinski definition) is 0. The van der Waals surface area contributed by atoms with Crippen molar-refractivity contribution in [1.82, 2.24) is 0 Å². The Labute approximate surface area is 107 Å². The fraction of sp³-hybridized carbons (Fsp3) is 0.647. The summed E-state index contributed by atoms with van der Waals surface area (Å²) < 4.78 is 0. The fourth-order valence-electron chi connectivity index (χ4n) is 2.56. The van der Waals surface area contributed by atoms with Gasteiger partial charge in [-0.2, -0.15) is 0 Å². The molecule has 0 unspecified atom stereocenters. The molecule has 1 saturated carbocycles. The van der Waals surface area contributed by atoms with Gasteiger partial charge in [-0.15, -0.1) is 11.5 Å². The molecule has 0 aromatic carbocycles. The zero-order valence-electron chi connectivity index (χ0n) is 11.8. The molecule has 1 fully saturated rings. The van der Waals surface area contributed by atoms with Crippen molar-refractivity contribution in [2.24, 2.45) is 11.8 Å². The summed E-state index contributed by atoms with van der Waals surface area (Å²) in [5.74, 6) is 1.74. The number of hydrogen-bond donors (Lipinski definition) is 0. The fourth-order valence-corrected chi connectivity index (χ4v) is 2.56. The van der Waals surface area contributed by atoms with Crippen LogP contribution in [0.4, 0.5) is 0 Å². The summed E-state index contributed by atoms with van der Waals surface area (Å²) in [5, 5.41) is 0. The Morgan fingerprint density at radius 2 is 1.29 bits per heavy atom. The first-order valence-corrected chi connectivity index (χ1v) is 6.86. The Hall–Kier alpha value is -0.960. The Balaban J connectivity index is 2.50. The van der Waals surface area contributed by atoms with Gasteiger partial charge in [0, 0.05) is 0 Å². The minimum absolute atomic E-state index is 0.872. The summed E-state index contributed by atoms with van der Waals surface area (Å²) in [4.78, 5) is 0. The van der Waals surface area contributed by atoms with Gasteiger partial charge in [0.15, 0.2) is 0 Å². The Kier molecular flexibility index (Phi) is 6.12. The maximum atomic E-state index is 3.33. The average molecular weight is 230 g/mol. The maximum absolute atomic E-state index is 3.33. The molecule has 0 bridgehead atoms. The van der Waals surface area contributed by atoms with Gasteiger partial charge in [0.1, 0.15) is 0 Å². The SMILES string of the molecule is CC(C)=C=CC[C@H]1CCC[C@@H]1CC=C=C(C)C. The van der Waals surface area contributed by atoms with Crippen LogP contribution in [0.15, 0.2) is 34.8 Å². The van der Waals surface area contributed by atoms with E-state index in [2.05, 4.69) is 51.3 Å². The molecule has 0 aliphatic heterocycles. The second kappa shape index (κ2) is 7.38. The van der Waals surface area contributed by atoms with Crippen molar-refractivity contribution in [1.29, 1.82) is 0 Å². The largest absolute Gasteiger partial charge is 0.127 e. The first kappa shape index (κ1) is 14.1. The average Bonchev–Trinajstić information content (AvgIpc) is 2.65. The van der Waals surface area contributed by atoms with E-state index in [9.17, 15) is 0 Å². The van der Waals surface area contributed by atoms with Crippen LogP contribution in [0, 0.1) is 11.8 Å². The van der Waals surface area contributed by atoms with Crippen LogP contribution in [0.3, 0.4) is 0 Å². The summed E-state index contributed by atoms with van der Waals surface area (Å²) in [5.41, 5.74) is 9.22. The van der Waals surface area contributed by atoms with Crippen molar-refractivity contribution in [3.05, 3.63) is 34.8 Å². The van der Waals surface area contributed by atoms with Gasteiger partial charge >= 0.3 is 0 Å². The van der Waals surface area contributed by atoms with Crippen molar-refractivity contribution in [3.63, 3.8) is 0 Å². The van der Waals surface area contributed by atoms with E-state index < -0.39 is 0 Å². The summed E-state index contributed by atoms with van der Waals surface area (Å²) in [6.07, 6.45) is 11.1. The summed E-state index contributed by atoms with van der Waals surface area (Å²) >= 11 is 0. The Bertz CT molecular complexity index is 313. The summed E-state index contributed by atoms with van der Waals surface area (Å²) in [6, 6.07) is 0. The third-order valence-electron chi connectivity index (χ3n) is 3.44. The zero-order valence-corrected chi connectivity index (χ0v) is 11.8. The number of allylic oxidation sites excluding steroid dienone is 2. The third-order valence-corrected chi connectivity index (χ3v) is 3.44. The van der Waals surface area contributed by atoms with Gasteiger partial charge in [-0.1, -0.05) is 6.42 Å². The summed E-state index contributed by atoms with van der Waals surface area (Å²) in [7, 11) is 0. The predicted octanol–water partition coefficient (Wildman–Crippen LogP) is 5.43. The molecule has 0 saturated heterocycles. The molecule has 1 aliphatic carbocycles. The lowest BCUT2D eigenvalue weighted by Crippen LogP contribution is -2.05. The lowest BCUT2D eigenvalue weighted by atomic mass is 9.90. The van der Waals surface area contributed by atoms with E-state index in [1.807, 2.05) is 0 Å². The summed E-state index contributed by atoms with van der Waals surface area (Å²) in [6.45, 7) is 8.45. The van der Waals surface area contributed by atoms with Crippen LogP contribution in [-0.4, -0.2) is 0 Å². The van der Waals surface area contributed by atoms with Crippen molar-refractivity contribution < 1.29 is 0 Å². The molecule has 0 N–H and O–H groups in total. The van der Waals surface area contributed by atoms with E-state index in [0.29, 0.717) is 0 Å². The van der Waals surface area contributed by atoms with E-state index >= 15 is 0 Å². The highest BCUT2D eigenvalue weighted by atomic mass is 14.3. The quantitative estimate of drug-likeness (QED) is 0.565. The standard InChI is InChI=1S/C17H26/c1-14(2)8-5-10-16-12-7-13-17(16)11-6-9-15(3)4/h5-6,16-17H,7,10-13H2,1-4H3/t16-,17-/m0/s1. The molecule has 0 heteroatoms. The third kappa shape index (κ3) is 5.78. The van der Waals surface area contributed by atoms with E-state index in [1.54, 1.807) is 0 Å². The van der Waals surface area contributed by atoms with E-state index in [1.165, 1.54) is 43.3 Å². The van der Waals surface area contributed by atoms with Crippen molar-refractivity contribution >= 4 is 0 Å². The van der Waals surface area contributed by atoms with Crippen LogP contribution in [0.25, 0.3) is 0 Å². The van der Waals surface area contributed by atoms with Gasteiger partial charge in [0.25, 0.3) is 0 Å². The van der Waals surface area contributed by atoms with Gasteiger partial charge in [0.2, 0.25) is 0 Å². The molecule has 94 valence electrons. The van der Waals surface area contributed by atoms with Crippen molar-refractivity contribution in [2.45, 2.75) is 59.8 Å². The zero-order chi connectivity index (χ0) is 12.7. The maximum Gasteiger partial charge on any atom is -0.0243 e. The molecule has 2 atom stereocenters. The smallest absolute Gasteiger partial charge is 0.0243 e. The van der Waals surface area contributed by atoms with Crippen LogP contribution >= 0.6 is 0 Å². The highest BCUT2D eigenvalue weighted by Crippen LogP contribution is 2.36. The van der Waals surface area contributed by atoms with Crippen LogP contribution < -0.4 is 0 Å². The first-order valence-electron chi connectivity index (χ1n) is 6.86. The van der Waals surface area contributed by atoms with Gasteiger partial charge < -0.3 is 0 Å². The molecule has 0 spiro atoms. The van der Waals surface area contributed by atoms with Crippen molar-refractivity contribution in [3.8, 4) is 0 Å². The Morgan fingerprint density at radius 3 is 1.65 bits per heavy atom. The monoisotopic (exact) mass is 230 g/mol. The Morgan fingerprint density at radius 1 is 0.882 bits per heavy atom. The van der Waals surface area contributed by atoms with E-state index in [-0.39, 0.29) is 0 Å². The highest BCUT2D eigenvalue weighted by molar-refractivity contribution is 4.98. The highest BCUT2D eigenvalue weighted by Gasteiger charge is 2.24. The molecule has 0 aromatic rings. The van der Waals surface area contributed by atoms with Gasteiger partial charge in [-0.25, -0.2) is 0 Å². The second-order valence-electron chi connectivity index (χ2n) is 5.62. The molecule has 0 aromatic heterocycles. The molecule has 17 heavy (non-hydrogen) atoms. The van der Waals surface area contributed by atoms with Gasteiger partial charge in [-0.3, -0.25) is 0 Å². The molecule has 1 aliphatic rings. The van der Waals surface area contributed by atoms with Crippen LogP contribution in [0.1, 0.15) is 59.8 Å². The van der Waals surface area contributed by atoms with Gasteiger partial charge in [-0.05, 0) is 88.5 Å². The molecule has 0 heterocycles. The van der Waals surface area contributed by atoms with Gasteiger partial charge in [0.05, 0.1) is 0 Å². The molecule has 0 nitrogen and oxygen atoms in total. The topological polar surface area (TPSA) is 0 Å². The minimum Gasteiger partial charge on any atom is -0.127 e. The number of rotatable bonds is 4. The lowest BCUT2D eigenvalue weighted by Gasteiger charge is -2.15. The predicted molar refractivity (Wildman–Crippen MR) is 76.0 cm³/mol. The second-order valence-corrected chi connectivity index (χ2v) is 5.62. The first-order chi connectivity index (χ1) is 8.09. The molecule has 1 rings (SSSR count). The normalized spacial score (nSPS) is 22.6. The van der Waals surface area contributed by atoms with E-state index in [4.69, 9.17) is 0 Å². The van der Waals surface area contributed by atoms with Crippen LogP contribution in [0.2, 0.25) is 0 Å². The van der Waals surface area contributed by atoms with E-state index in [0.717, 1.165) is 11.8 Å². The molecule has 0 radical (unpaired) electrons. The lowest BCUT2D eigenvalue weighted by molar-refractivity contribution is 0.395. The molecular formula is C17H26. The van der Waals surface area contributed by atoms with Crippen LogP contribution in [-0.2, 0) is 0 Å². The molecule has 0 amide bonds. The van der Waals surface area contributed by atoms with Crippen LogP contribution in [0.5, 0.6) is 0 Å². The van der Waals surface area contributed by atoms with Crippen molar-refractivity contribution in [2.75, 3.05) is 0 Å². The molecular weight excluding hydrogens is 204 g/mol.